The third-order valence-corrected chi connectivity index (χ3v) is 2.84. The van der Waals surface area contributed by atoms with Crippen molar-refractivity contribution in [3.63, 3.8) is 0 Å². The molecule has 0 spiro atoms. The van der Waals surface area contributed by atoms with E-state index < -0.39 is 5.54 Å². The molecule has 1 fully saturated rings. The molecule has 2 heteroatoms. The second-order valence-electron chi connectivity index (χ2n) is 4.15. The molecule has 70 valence electrons. The van der Waals surface area contributed by atoms with Gasteiger partial charge >= 0.3 is 0 Å². The Bertz CT molecular complexity index is 316. The minimum Gasteiger partial charge on any atom is -0.321 e. The van der Waals surface area contributed by atoms with Gasteiger partial charge < -0.3 is 5.73 Å². The Morgan fingerprint density at radius 2 is 2.00 bits per heavy atom. The van der Waals surface area contributed by atoms with Crippen molar-refractivity contribution < 1.29 is 4.39 Å². The molecule has 1 saturated carbocycles. The van der Waals surface area contributed by atoms with Crippen LogP contribution >= 0.6 is 0 Å². The van der Waals surface area contributed by atoms with Crippen molar-refractivity contribution in [1.29, 1.82) is 0 Å². The van der Waals surface area contributed by atoms with Crippen LogP contribution in [0.15, 0.2) is 24.3 Å². The summed E-state index contributed by atoms with van der Waals surface area (Å²) in [5.41, 5.74) is 6.35. The van der Waals surface area contributed by atoms with Crippen LogP contribution in [0.3, 0.4) is 0 Å². The van der Waals surface area contributed by atoms with Gasteiger partial charge in [0, 0.05) is 11.1 Å². The van der Waals surface area contributed by atoms with Crippen LogP contribution in [0.5, 0.6) is 0 Å². The van der Waals surface area contributed by atoms with Crippen LogP contribution in [0.2, 0.25) is 0 Å². The topological polar surface area (TPSA) is 26.0 Å². The molecule has 2 rings (SSSR count). The van der Waals surface area contributed by atoms with Crippen molar-refractivity contribution in [1.82, 2.24) is 0 Å². The highest BCUT2D eigenvalue weighted by Crippen LogP contribution is 2.43. The first-order chi connectivity index (χ1) is 6.12. The maximum atomic E-state index is 13.4. The highest BCUT2D eigenvalue weighted by atomic mass is 19.1. The standard InChI is InChI=1S/C11H14FN/c1-8-6-11(13,7-8)9-4-2-3-5-10(9)12/h2-5,8H,6-7,13H2,1H3. The molecule has 13 heavy (non-hydrogen) atoms. The Hall–Kier alpha value is -0.890. The summed E-state index contributed by atoms with van der Waals surface area (Å²) >= 11 is 0. The van der Waals surface area contributed by atoms with Crippen molar-refractivity contribution in [2.24, 2.45) is 11.7 Å². The Morgan fingerprint density at radius 1 is 1.38 bits per heavy atom. The van der Waals surface area contributed by atoms with Crippen molar-refractivity contribution in [2.75, 3.05) is 0 Å². The van der Waals surface area contributed by atoms with Crippen molar-refractivity contribution in [3.8, 4) is 0 Å². The Kier molecular flexibility index (Phi) is 1.88. The van der Waals surface area contributed by atoms with Gasteiger partial charge in [-0.1, -0.05) is 25.1 Å². The highest BCUT2D eigenvalue weighted by Gasteiger charge is 2.41. The van der Waals surface area contributed by atoms with E-state index in [-0.39, 0.29) is 5.82 Å². The lowest BCUT2D eigenvalue weighted by atomic mass is 9.66. The van der Waals surface area contributed by atoms with Crippen molar-refractivity contribution >= 4 is 0 Å². The summed E-state index contributed by atoms with van der Waals surface area (Å²) in [6.07, 6.45) is 1.79. The van der Waals surface area contributed by atoms with Gasteiger partial charge in [-0.15, -0.1) is 0 Å². The van der Waals surface area contributed by atoms with Gasteiger partial charge in [0.15, 0.2) is 0 Å². The third-order valence-electron chi connectivity index (χ3n) is 2.84. The summed E-state index contributed by atoms with van der Waals surface area (Å²) in [7, 11) is 0. The lowest BCUT2D eigenvalue weighted by molar-refractivity contribution is 0.159. The fourth-order valence-electron chi connectivity index (χ4n) is 2.27. The lowest BCUT2D eigenvalue weighted by Crippen LogP contribution is -2.48. The summed E-state index contributed by atoms with van der Waals surface area (Å²) in [5.74, 6) is 0.460. The summed E-state index contributed by atoms with van der Waals surface area (Å²) in [6, 6.07) is 6.81. The first-order valence-electron chi connectivity index (χ1n) is 4.66. The molecule has 1 aliphatic carbocycles. The SMILES string of the molecule is CC1CC(N)(c2ccccc2F)C1. The first kappa shape index (κ1) is 8.70. The largest absolute Gasteiger partial charge is 0.321 e. The van der Waals surface area contributed by atoms with E-state index in [4.69, 9.17) is 5.73 Å². The predicted octanol–water partition coefficient (Wildman–Crippen LogP) is 2.41. The molecular formula is C11H14FN. The zero-order chi connectivity index (χ0) is 9.47. The Balaban J connectivity index is 2.31. The first-order valence-corrected chi connectivity index (χ1v) is 4.66. The molecule has 0 atom stereocenters. The third kappa shape index (κ3) is 1.35. The molecule has 0 amide bonds. The minimum absolute atomic E-state index is 0.170. The van der Waals surface area contributed by atoms with Gasteiger partial charge in [0.1, 0.15) is 5.82 Å². The van der Waals surface area contributed by atoms with E-state index >= 15 is 0 Å². The molecule has 1 aliphatic rings. The van der Waals surface area contributed by atoms with E-state index in [1.165, 1.54) is 6.07 Å². The van der Waals surface area contributed by atoms with E-state index in [2.05, 4.69) is 6.92 Å². The molecule has 1 aromatic rings. The molecule has 1 nitrogen and oxygen atoms in total. The molecule has 1 aromatic carbocycles. The summed E-state index contributed by atoms with van der Waals surface area (Å²) in [5, 5.41) is 0. The van der Waals surface area contributed by atoms with Crippen molar-refractivity contribution in [3.05, 3.63) is 35.6 Å². The van der Waals surface area contributed by atoms with E-state index in [9.17, 15) is 4.39 Å². The summed E-state index contributed by atoms with van der Waals surface area (Å²) in [4.78, 5) is 0. The Morgan fingerprint density at radius 3 is 2.54 bits per heavy atom. The normalized spacial score (nSPS) is 32.7. The number of hydrogen-bond acceptors (Lipinski definition) is 1. The van der Waals surface area contributed by atoms with Gasteiger partial charge in [0.05, 0.1) is 0 Å². The summed E-state index contributed by atoms with van der Waals surface area (Å²) < 4.78 is 13.4. The zero-order valence-electron chi connectivity index (χ0n) is 7.76. The maximum absolute atomic E-state index is 13.4. The van der Waals surface area contributed by atoms with E-state index in [1.807, 2.05) is 6.07 Å². The van der Waals surface area contributed by atoms with Crippen LogP contribution < -0.4 is 5.73 Å². The lowest BCUT2D eigenvalue weighted by Gasteiger charge is -2.44. The average Bonchev–Trinajstić information content (AvgIpc) is 2.02. The van der Waals surface area contributed by atoms with Gasteiger partial charge in [0.25, 0.3) is 0 Å². The number of benzene rings is 1. The van der Waals surface area contributed by atoms with Crippen LogP contribution in [0, 0.1) is 11.7 Å². The van der Waals surface area contributed by atoms with Gasteiger partial charge in [-0.25, -0.2) is 4.39 Å². The minimum atomic E-state index is -0.398. The fraction of sp³-hybridized carbons (Fsp3) is 0.455. The molecule has 2 N–H and O–H groups in total. The van der Waals surface area contributed by atoms with E-state index in [1.54, 1.807) is 12.1 Å². The van der Waals surface area contributed by atoms with Crippen LogP contribution in [0.4, 0.5) is 4.39 Å². The molecule has 0 unspecified atom stereocenters. The van der Waals surface area contributed by atoms with Crippen LogP contribution in [0.1, 0.15) is 25.3 Å². The van der Waals surface area contributed by atoms with Gasteiger partial charge in [-0.2, -0.15) is 0 Å². The fourth-order valence-corrected chi connectivity index (χ4v) is 2.27. The molecular weight excluding hydrogens is 165 g/mol. The van der Waals surface area contributed by atoms with Crippen LogP contribution in [-0.2, 0) is 5.54 Å². The number of halogens is 1. The van der Waals surface area contributed by atoms with Crippen molar-refractivity contribution in [2.45, 2.75) is 25.3 Å². The van der Waals surface area contributed by atoms with Crippen LogP contribution in [0.25, 0.3) is 0 Å². The Labute approximate surface area is 77.8 Å². The number of hydrogen-bond donors (Lipinski definition) is 1. The quantitative estimate of drug-likeness (QED) is 0.704. The number of nitrogens with two attached hydrogens (primary N) is 1. The predicted molar refractivity (Wildman–Crippen MR) is 50.7 cm³/mol. The van der Waals surface area contributed by atoms with E-state index in [0.29, 0.717) is 11.5 Å². The summed E-state index contributed by atoms with van der Waals surface area (Å²) in [6.45, 7) is 2.14. The zero-order valence-corrected chi connectivity index (χ0v) is 7.76. The molecule has 0 saturated heterocycles. The number of rotatable bonds is 1. The second kappa shape index (κ2) is 2.81. The molecule has 0 aromatic heterocycles. The van der Waals surface area contributed by atoms with E-state index in [0.717, 1.165) is 12.8 Å². The van der Waals surface area contributed by atoms with Gasteiger partial charge in [-0.05, 0) is 24.8 Å². The highest BCUT2D eigenvalue weighted by molar-refractivity contribution is 5.28. The maximum Gasteiger partial charge on any atom is 0.128 e. The smallest absolute Gasteiger partial charge is 0.128 e. The molecule has 0 radical (unpaired) electrons. The monoisotopic (exact) mass is 179 g/mol. The van der Waals surface area contributed by atoms with Gasteiger partial charge in [-0.3, -0.25) is 0 Å². The molecule has 0 aliphatic heterocycles. The van der Waals surface area contributed by atoms with Gasteiger partial charge in [0.2, 0.25) is 0 Å². The molecule has 0 bridgehead atoms. The molecule has 0 heterocycles. The van der Waals surface area contributed by atoms with Crippen LogP contribution in [-0.4, -0.2) is 0 Å². The average molecular weight is 179 g/mol. The second-order valence-corrected chi connectivity index (χ2v) is 4.15.